The average Bonchev–Trinajstić information content (AvgIpc) is 2.39. The molecule has 0 amide bonds. The third kappa shape index (κ3) is 3.66. The summed E-state index contributed by atoms with van der Waals surface area (Å²) in [5, 5.41) is 11.0. The van der Waals surface area contributed by atoms with Crippen molar-refractivity contribution >= 4 is 40.8 Å². The number of hydrogen-bond acceptors (Lipinski definition) is 1. The quantitative estimate of drug-likeness (QED) is 0.851. The molecule has 0 saturated heterocycles. The molecule has 0 fully saturated rings. The first kappa shape index (κ1) is 15.2. The first-order valence-corrected chi connectivity index (χ1v) is 7.03. The summed E-state index contributed by atoms with van der Waals surface area (Å²) >= 11 is 17.7. The number of carbonyl (C=O) groups is 1. The molecule has 0 aliphatic rings. The van der Waals surface area contributed by atoms with Gasteiger partial charge in [-0.15, -0.1) is 0 Å². The van der Waals surface area contributed by atoms with Gasteiger partial charge >= 0.3 is 5.97 Å². The van der Waals surface area contributed by atoms with Crippen molar-refractivity contribution in [2.45, 2.75) is 12.3 Å². The highest BCUT2D eigenvalue weighted by atomic mass is 35.5. The summed E-state index contributed by atoms with van der Waals surface area (Å²) in [5.41, 5.74) is 1.44. The lowest BCUT2D eigenvalue weighted by atomic mass is 9.92. The summed E-state index contributed by atoms with van der Waals surface area (Å²) in [6.07, 6.45) is 0.299. The Morgan fingerprint density at radius 2 is 1.60 bits per heavy atom. The van der Waals surface area contributed by atoms with Gasteiger partial charge in [0.05, 0.1) is 5.92 Å². The molecule has 104 valence electrons. The second kappa shape index (κ2) is 6.49. The van der Waals surface area contributed by atoms with E-state index < -0.39 is 11.9 Å². The number of aliphatic carboxylic acids is 1. The Balaban J connectivity index is 2.30. The third-order valence-corrected chi connectivity index (χ3v) is 3.85. The number of halogens is 3. The van der Waals surface area contributed by atoms with Crippen molar-refractivity contribution in [2.75, 3.05) is 0 Å². The number of benzene rings is 2. The van der Waals surface area contributed by atoms with Gasteiger partial charge < -0.3 is 5.11 Å². The largest absolute Gasteiger partial charge is 0.481 e. The zero-order valence-electron chi connectivity index (χ0n) is 10.3. The van der Waals surface area contributed by atoms with E-state index in [1.54, 1.807) is 42.5 Å². The molecule has 5 heteroatoms. The molecule has 0 bridgehead atoms. The highest BCUT2D eigenvalue weighted by Gasteiger charge is 2.21. The number of hydrogen-bond donors (Lipinski definition) is 1. The van der Waals surface area contributed by atoms with Crippen molar-refractivity contribution in [1.82, 2.24) is 0 Å². The van der Waals surface area contributed by atoms with Crippen molar-refractivity contribution in [2.24, 2.45) is 0 Å². The van der Waals surface area contributed by atoms with Gasteiger partial charge in [0.1, 0.15) is 0 Å². The number of carboxylic acid groups (broad SMARTS) is 1. The van der Waals surface area contributed by atoms with E-state index in [9.17, 15) is 9.90 Å². The van der Waals surface area contributed by atoms with Crippen LogP contribution >= 0.6 is 34.8 Å². The molecule has 0 aromatic heterocycles. The van der Waals surface area contributed by atoms with E-state index in [2.05, 4.69) is 0 Å². The average molecular weight is 330 g/mol. The van der Waals surface area contributed by atoms with Crippen LogP contribution in [0.15, 0.2) is 42.5 Å². The Kier molecular flexibility index (Phi) is 4.92. The van der Waals surface area contributed by atoms with Gasteiger partial charge in [-0.2, -0.15) is 0 Å². The monoisotopic (exact) mass is 328 g/mol. The Morgan fingerprint density at radius 1 is 1.00 bits per heavy atom. The smallest absolute Gasteiger partial charge is 0.311 e. The van der Waals surface area contributed by atoms with Gasteiger partial charge in [-0.1, -0.05) is 53.0 Å². The van der Waals surface area contributed by atoms with Crippen LogP contribution in [0.4, 0.5) is 0 Å². The maximum absolute atomic E-state index is 11.5. The van der Waals surface area contributed by atoms with Crippen LogP contribution in [-0.2, 0) is 11.2 Å². The molecule has 1 atom stereocenters. The van der Waals surface area contributed by atoms with Gasteiger partial charge in [0.2, 0.25) is 0 Å². The Hall–Kier alpha value is -1.22. The van der Waals surface area contributed by atoms with E-state index >= 15 is 0 Å². The summed E-state index contributed by atoms with van der Waals surface area (Å²) in [4.78, 5) is 11.5. The minimum Gasteiger partial charge on any atom is -0.481 e. The van der Waals surface area contributed by atoms with Crippen LogP contribution in [0, 0.1) is 0 Å². The van der Waals surface area contributed by atoms with Gasteiger partial charge in [0.25, 0.3) is 0 Å². The lowest BCUT2D eigenvalue weighted by Crippen LogP contribution is -2.14. The molecule has 2 aromatic rings. The third-order valence-electron chi connectivity index (χ3n) is 3.01. The fraction of sp³-hybridized carbons (Fsp3) is 0.133. The van der Waals surface area contributed by atoms with Crippen LogP contribution in [0.3, 0.4) is 0 Å². The van der Waals surface area contributed by atoms with Crippen molar-refractivity contribution in [3.05, 3.63) is 68.7 Å². The molecule has 0 aliphatic heterocycles. The van der Waals surface area contributed by atoms with Crippen LogP contribution in [0.5, 0.6) is 0 Å². The predicted molar refractivity (Wildman–Crippen MR) is 82.0 cm³/mol. The topological polar surface area (TPSA) is 37.3 Å². The van der Waals surface area contributed by atoms with Crippen LogP contribution in [0.1, 0.15) is 17.0 Å². The van der Waals surface area contributed by atoms with Gasteiger partial charge in [0, 0.05) is 15.1 Å². The zero-order chi connectivity index (χ0) is 14.7. The zero-order valence-corrected chi connectivity index (χ0v) is 12.6. The highest BCUT2D eigenvalue weighted by Crippen LogP contribution is 2.28. The molecule has 2 rings (SSSR count). The van der Waals surface area contributed by atoms with Gasteiger partial charge in [-0.25, -0.2) is 0 Å². The minimum absolute atomic E-state index is 0.299. The fourth-order valence-electron chi connectivity index (χ4n) is 1.95. The second-order valence-corrected chi connectivity index (χ2v) is 5.66. The van der Waals surface area contributed by atoms with E-state index in [-0.39, 0.29) is 0 Å². The lowest BCUT2D eigenvalue weighted by molar-refractivity contribution is -0.138. The minimum atomic E-state index is -0.904. The summed E-state index contributed by atoms with van der Waals surface area (Å²) < 4.78 is 0. The van der Waals surface area contributed by atoms with Crippen LogP contribution in [0.25, 0.3) is 0 Å². The van der Waals surface area contributed by atoms with Crippen LogP contribution < -0.4 is 0 Å². The molecule has 0 radical (unpaired) electrons. The van der Waals surface area contributed by atoms with Crippen molar-refractivity contribution in [1.29, 1.82) is 0 Å². The van der Waals surface area contributed by atoms with Crippen molar-refractivity contribution in [3.8, 4) is 0 Å². The Bertz CT molecular complexity index is 624. The first-order chi connectivity index (χ1) is 9.47. The summed E-state index contributed by atoms with van der Waals surface area (Å²) in [5.74, 6) is -1.58. The number of carboxylic acids is 1. The molecule has 0 aliphatic carbocycles. The van der Waals surface area contributed by atoms with Crippen molar-refractivity contribution in [3.63, 3.8) is 0 Å². The fourth-order valence-corrected chi connectivity index (χ4v) is 2.56. The molecule has 1 unspecified atom stereocenters. The summed E-state index contributed by atoms with van der Waals surface area (Å²) in [6.45, 7) is 0. The maximum atomic E-state index is 11.5. The lowest BCUT2D eigenvalue weighted by Gasteiger charge is -2.14. The standard InChI is InChI=1S/C15H11Cl3O2/c16-11-4-1-9(2-5-11)13(15(19)20)7-10-3-6-12(17)8-14(10)18/h1-6,8,13H,7H2,(H,19,20). The highest BCUT2D eigenvalue weighted by molar-refractivity contribution is 6.35. The molecular formula is C15H11Cl3O2. The SMILES string of the molecule is O=C(O)C(Cc1ccc(Cl)cc1Cl)c1ccc(Cl)cc1. The summed E-state index contributed by atoms with van der Waals surface area (Å²) in [7, 11) is 0. The molecule has 1 N–H and O–H groups in total. The predicted octanol–water partition coefficient (Wildman–Crippen LogP) is 5.06. The molecule has 20 heavy (non-hydrogen) atoms. The Labute approximate surface area is 131 Å². The van der Waals surface area contributed by atoms with Crippen molar-refractivity contribution < 1.29 is 9.90 Å². The van der Waals surface area contributed by atoms with E-state index in [1.165, 1.54) is 0 Å². The van der Waals surface area contributed by atoms with Gasteiger partial charge in [-0.05, 0) is 41.8 Å². The van der Waals surface area contributed by atoms with Gasteiger partial charge in [0.15, 0.2) is 0 Å². The van der Waals surface area contributed by atoms with Gasteiger partial charge in [-0.3, -0.25) is 4.79 Å². The van der Waals surface area contributed by atoms with Crippen LogP contribution in [0.2, 0.25) is 15.1 Å². The molecule has 2 aromatic carbocycles. The van der Waals surface area contributed by atoms with E-state index in [0.29, 0.717) is 27.1 Å². The first-order valence-electron chi connectivity index (χ1n) is 5.89. The molecule has 2 nitrogen and oxygen atoms in total. The number of rotatable bonds is 4. The van der Waals surface area contributed by atoms with E-state index in [4.69, 9.17) is 34.8 Å². The molecule has 0 saturated carbocycles. The maximum Gasteiger partial charge on any atom is 0.311 e. The molecular weight excluding hydrogens is 319 g/mol. The van der Waals surface area contributed by atoms with Crippen LogP contribution in [-0.4, -0.2) is 11.1 Å². The molecule has 0 spiro atoms. The normalized spacial score (nSPS) is 12.2. The molecule has 0 heterocycles. The summed E-state index contributed by atoms with van der Waals surface area (Å²) in [6, 6.07) is 11.8. The Morgan fingerprint density at radius 3 is 2.15 bits per heavy atom. The second-order valence-electron chi connectivity index (χ2n) is 4.38. The van der Waals surface area contributed by atoms with E-state index in [0.717, 1.165) is 5.56 Å². The van der Waals surface area contributed by atoms with E-state index in [1.807, 2.05) is 0 Å².